The van der Waals surface area contributed by atoms with Crippen LogP contribution in [0.5, 0.6) is 5.88 Å². The fraction of sp³-hybridized carbons (Fsp3) is 0.444. The smallest absolute Gasteiger partial charge is 0.212 e. The van der Waals surface area contributed by atoms with Crippen molar-refractivity contribution >= 4 is 39.2 Å². The summed E-state index contributed by atoms with van der Waals surface area (Å²) in [5, 5.41) is 8.66. The molecule has 0 aliphatic carbocycles. The highest BCUT2D eigenvalue weighted by Crippen LogP contribution is 2.27. The fourth-order valence-electron chi connectivity index (χ4n) is 1.19. The van der Waals surface area contributed by atoms with Crippen LogP contribution in [0.1, 0.15) is 11.6 Å². The third kappa shape index (κ3) is 3.59. The second-order valence-corrected chi connectivity index (χ2v) is 6.08. The zero-order chi connectivity index (χ0) is 14.0. The van der Waals surface area contributed by atoms with Crippen LogP contribution in [0, 0.1) is 0 Å². The highest BCUT2D eigenvalue weighted by atomic mass is 16.5. The molecule has 0 bridgehead atoms. The average molecular weight is 241 g/mol. The number of hydrogen-bond donors (Lipinski definition) is 2. The van der Waals surface area contributed by atoms with E-state index < -0.39 is 0 Å². The Labute approximate surface area is 113 Å². The molecule has 3 N–H and O–H groups in total. The molecule has 0 aromatic carbocycles. The van der Waals surface area contributed by atoms with E-state index in [0.717, 1.165) is 5.56 Å². The van der Waals surface area contributed by atoms with Gasteiger partial charge in [-0.2, -0.15) is 0 Å². The van der Waals surface area contributed by atoms with Gasteiger partial charge in [0.1, 0.15) is 15.7 Å². The van der Waals surface area contributed by atoms with Crippen LogP contribution in [0.2, 0.25) is 5.11 Å². The van der Waals surface area contributed by atoms with Crippen LogP contribution in [0.4, 0.5) is 0 Å². The van der Waals surface area contributed by atoms with Crippen molar-refractivity contribution in [2.24, 2.45) is 5.73 Å². The zero-order valence-corrected chi connectivity index (χ0v) is 11.9. The van der Waals surface area contributed by atoms with Crippen LogP contribution < -0.4 is 10.5 Å². The lowest BCUT2D eigenvalue weighted by Crippen LogP contribution is -2.51. The molecule has 1 atom stereocenters. The number of pyridine rings is 1. The number of aromatic nitrogens is 1. The average Bonchev–Trinajstić information content (AvgIpc) is 2.27. The Morgan fingerprint density at radius 2 is 1.89 bits per heavy atom. The van der Waals surface area contributed by atoms with E-state index in [1.807, 2.05) is 21.8 Å². The standard InChI is InChI=1S/C9H19B5N2O2/c10-8(11,12)9(13,14)18-7-2-1-5(3-16-7)6(15)4-17/h1-3,6,17H,4,10-15H2/t6-/m0/s1. The molecule has 0 spiro atoms. The van der Waals surface area contributed by atoms with Gasteiger partial charge in [0.15, 0.2) is 0 Å². The summed E-state index contributed by atoms with van der Waals surface area (Å²) in [4.78, 5) is 4.23. The Hall–Kier alpha value is -0.805. The molecule has 1 aromatic rings. The van der Waals surface area contributed by atoms with Crippen LogP contribution in [0.25, 0.3) is 0 Å². The minimum Gasteiger partial charge on any atom is -0.492 e. The van der Waals surface area contributed by atoms with Crippen molar-refractivity contribution in [2.45, 2.75) is 16.6 Å². The molecule has 0 fully saturated rings. The lowest BCUT2D eigenvalue weighted by atomic mass is 9.28. The van der Waals surface area contributed by atoms with Gasteiger partial charge in [-0.3, -0.25) is 0 Å². The van der Waals surface area contributed by atoms with Gasteiger partial charge in [-0.25, -0.2) is 4.98 Å². The van der Waals surface area contributed by atoms with E-state index in [2.05, 4.69) is 28.5 Å². The molecule has 0 aliphatic rings. The van der Waals surface area contributed by atoms with E-state index in [4.69, 9.17) is 15.6 Å². The van der Waals surface area contributed by atoms with Crippen molar-refractivity contribution in [1.29, 1.82) is 0 Å². The van der Waals surface area contributed by atoms with E-state index in [0.29, 0.717) is 5.88 Å². The quantitative estimate of drug-likeness (QED) is 0.509. The summed E-state index contributed by atoms with van der Waals surface area (Å²) in [5.74, 6) is 0.573. The first-order chi connectivity index (χ1) is 8.17. The van der Waals surface area contributed by atoms with Gasteiger partial charge in [-0.1, -0.05) is 11.2 Å². The first-order valence-corrected chi connectivity index (χ1v) is 6.19. The minimum absolute atomic E-state index is 0.00878. The third-order valence-corrected chi connectivity index (χ3v) is 3.55. The summed E-state index contributed by atoms with van der Waals surface area (Å²) < 4.78 is 5.92. The Bertz CT molecular complexity index is 393. The lowest BCUT2D eigenvalue weighted by molar-refractivity contribution is 0.231. The van der Waals surface area contributed by atoms with Gasteiger partial charge in [0.25, 0.3) is 0 Å². The van der Waals surface area contributed by atoms with E-state index >= 15 is 0 Å². The molecular formula is C9H19B5N2O2. The number of nitrogens with two attached hydrogens (primary N) is 1. The molecule has 1 rings (SSSR count). The van der Waals surface area contributed by atoms with Gasteiger partial charge in [0, 0.05) is 17.7 Å². The summed E-state index contributed by atoms with van der Waals surface area (Å²) in [6, 6.07) is 3.24. The van der Waals surface area contributed by atoms with Crippen molar-refractivity contribution in [3.63, 3.8) is 0 Å². The van der Waals surface area contributed by atoms with Crippen molar-refractivity contribution in [2.75, 3.05) is 6.61 Å². The van der Waals surface area contributed by atoms with E-state index in [1.165, 1.54) is 0 Å². The Morgan fingerprint density at radius 3 is 2.28 bits per heavy atom. The maximum absolute atomic E-state index is 8.97. The predicted octanol–water partition coefficient (Wildman–Crippen LogP) is -4.65. The molecule has 0 unspecified atom stereocenters. The summed E-state index contributed by atoms with van der Waals surface area (Å²) in [6.45, 7) is -0.0879. The number of aliphatic hydroxyl groups excluding tert-OH is 1. The third-order valence-electron chi connectivity index (χ3n) is 3.55. The maximum Gasteiger partial charge on any atom is 0.212 e. The topological polar surface area (TPSA) is 68.4 Å². The lowest BCUT2D eigenvalue weighted by Gasteiger charge is -2.39. The van der Waals surface area contributed by atoms with Crippen LogP contribution in [0.15, 0.2) is 18.3 Å². The van der Waals surface area contributed by atoms with Crippen LogP contribution >= 0.6 is 0 Å². The molecule has 0 aliphatic heterocycles. The Balaban J connectivity index is 2.81. The number of hydrogen-bond acceptors (Lipinski definition) is 4. The van der Waals surface area contributed by atoms with Crippen LogP contribution in [-0.2, 0) is 0 Å². The summed E-state index contributed by atoms with van der Waals surface area (Å²) >= 11 is 0. The number of ether oxygens (including phenoxy) is 1. The van der Waals surface area contributed by atoms with Gasteiger partial charge in [-0.05, 0) is 5.56 Å². The van der Waals surface area contributed by atoms with Crippen LogP contribution in [0.3, 0.4) is 0 Å². The Morgan fingerprint density at radius 1 is 1.28 bits per heavy atom. The minimum atomic E-state index is -0.387. The first kappa shape index (κ1) is 15.3. The SMILES string of the molecule is BC(B)(B)C(B)(B)Oc1ccc([C@@H](N)CO)cn1. The molecule has 0 saturated heterocycles. The number of aliphatic hydroxyl groups is 1. The number of rotatable bonds is 5. The molecule has 18 heavy (non-hydrogen) atoms. The van der Waals surface area contributed by atoms with Gasteiger partial charge in [-0.15, -0.1) is 0 Å². The zero-order valence-electron chi connectivity index (χ0n) is 11.9. The highest BCUT2D eigenvalue weighted by molar-refractivity contribution is 6.66. The van der Waals surface area contributed by atoms with Crippen LogP contribution in [-0.4, -0.2) is 61.3 Å². The van der Waals surface area contributed by atoms with Gasteiger partial charge >= 0.3 is 0 Å². The monoisotopic (exact) mass is 242 g/mol. The van der Waals surface area contributed by atoms with Crippen molar-refractivity contribution in [1.82, 2.24) is 4.98 Å². The van der Waals surface area contributed by atoms with Gasteiger partial charge in [0.2, 0.25) is 5.88 Å². The van der Waals surface area contributed by atoms with E-state index in [1.54, 1.807) is 12.3 Å². The Kier molecular flexibility index (Phi) is 4.62. The molecule has 1 heterocycles. The molecule has 0 saturated carbocycles. The summed E-state index contributed by atoms with van der Waals surface area (Å²) in [7, 11) is 10.5. The first-order valence-electron chi connectivity index (χ1n) is 6.19. The fourth-order valence-corrected chi connectivity index (χ4v) is 1.19. The van der Waals surface area contributed by atoms with Crippen molar-refractivity contribution < 1.29 is 9.84 Å². The molecule has 92 valence electrons. The number of nitrogens with zero attached hydrogens (tertiary/aromatic N) is 1. The molecule has 1 aromatic heterocycles. The molecule has 9 heteroatoms. The van der Waals surface area contributed by atoms with Gasteiger partial charge in [0.05, 0.1) is 36.2 Å². The van der Waals surface area contributed by atoms with Crippen molar-refractivity contribution in [3.05, 3.63) is 23.9 Å². The highest BCUT2D eigenvalue weighted by Gasteiger charge is 2.34. The normalized spacial score (nSPS) is 14.1. The maximum atomic E-state index is 8.97. The predicted molar refractivity (Wildman–Crippen MR) is 87.0 cm³/mol. The van der Waals surface area contributed by atoms with E-state index in [-0.39, 0.29) is 23.2 Å². The second kappa shape index (κ2) is 5.45. The molecule has 0 amide bonds. The van der Waals surface area contributed by atoms with E-state index in [9.17, 15) is 0 Å². The molecular weight excluding hydrogens is 222 g/mol. The van der Waals surface area contributed by atoms with Gasteiger partial charge < -0.3 is 15.6 Å². The second-order valence-electron chi connectivity index (χ2n) is 6.08. The molecule has 0 radical (unpaired) electrons. The largest absolute Gasteiger partial charge is 0.492 e. The summed E-state index contributed by atoms with van der Waals surface area (Å²) in [5.41, 5.74) is 6.51. The van der Waals surface area contributed by atoms with Crippen molar-refractivity contribution in [3.8, 4) is 5.88 Å². The summed E-state index contributed by atoms with van der Waals surface area (Å²) in [6.07, 6.45) is 1.65. The molecule has 4 nitrogen and oxygen atoms in total.